The van der Waals surface area contributed by atoms with Gasteiger partial charge in [0, 0.05) is 42.0 Å². The smallest absolute Gasteiger partial charge is 0.198 e. The molecule has 1 aliphatic heterocycles. The SMILES string of the molecule is CC[C@]1(O)Cc2c(O)c3c(c(O)c2[C@@H](OC2CC(N)C(O)C(C)O2)C1)C(=N)c1c(OC)cccc1C3=O. The van der Waals surface area contributed by atoms with Crippen molar-refractivity contribution in [1.29, 1.82) is 5.41 Å². The van der Waals surface area contributed by atoms with Crippen molar-refractivity contribution in [2.75, 3.05) is 7.11 Å². The van der Waals surface area contributed by atoms with Gasteiger partial charge in [-0.3, -0.25) is 10.2 Å². The summed E-state index contributed by atoms with van der Waals surface area (Å²) >= 11 is 0. The third kappa shape index (κ3) is 3.91. The molecule has 1 saturated heterocycles. The lowest BCUT2D eigenvalue weighted by Crippen LogP contribution is -2.52. The van der Waals surface area contributed by atoms with Gasteiger partial charge in [0.1, 0.15) is 17.2 Å². The minimum Gasteiger partial charge on any atom is -0.507 e. The Morgan fingerprint density at radius 3 is 2.59 bits per heavy atom. The number of fused-ring (bicyclic) bond motifs is 3. The van der Waals surface area contributed by atoms with Crippen LogP contribution < -0.4 is 10.5 Å². The highest BCUT2D eigenvalue weighted by Crippen LogP contribution is 2.52. The van der Waals surface area contributed by atoms with Crippen molar-refractivity contribution >= 4 is 11.5 Å². The molecule has 37 heavy (non-hydrogen) atoms. The lowest BCUT2D eigenvalue weighted by Gasteiger charge is -2.42. The zero-order chi connectivity index (χ0) is 26.8. The van der Waals surface area contributed by atoms with E-state index in [4.69, 9.17) is 25.4 Å². The fourth-order valence-corrected chi connectivity index (χ4v) is 5.78. The third-order valence-corrected chi connectivity index (χ3v) is 7.93. The Bertz CT molecular complexity index is 1280. The predicted molar refractivity (Wildman–Crippen MR) is 132 cm³/mol. The number of phenols is 2. The van der Waals surface area contributed by atoms with Gasteiger partial charge < -0.3 is 40.4 Å². The molecule has 0 saturated carbocycles. The number of carbonyl (C=O) groups excluding carboxylic acids is 1. The first-order chi connectivity index (χ1) is 17.5. The number of aromatic hydroxyl groups is 2. The number of ether oxygens (including phenoxy) is 3. The highest BCUT2D eigenvalue weighted by Gasteiger charge is 2.46. The fraction of sp³-hybridized carbons (Fsp3) is 0.481. The summed E-state index contributed by atoms with van der Waals surface area (Å²) in [6.07, 6.45) is -2.67. The molecular weight excluding hydrogens is 480 g/mol. The second-order valence-electron chi connectivity index (χ2n) is 10.2. The number of benzene rings is 2. The Morgan fingerprint density at radius 1 is 1.22 bits per heavy atom. The van der Waals surface area contributed by atoms with E-state index in [1.807, 2.05) is 0 Å². The van der Waals surface area contributed by atoms with Gasteiger partial charge in [-0.15, -0.1) is 0 Å². The summed E-state index contributed by atoms with van der Waals surface area (Å²) in [5.41, 5.74) is 5.10. The van der Waals surface area contributed by atoms with Crippen LogP contribution in [0.25, 0.3) is 0 Å². The Hall–Kier alpha value is -3.02. The van der Waals surface area contributed by atoms with Crippen LogP contribution in [0.2, 0.25) is 0 Å². The molecule has 2 aromatic rings. The van der Waals surface area contributed by atoms with Crippen LogP contribution in [-0.4, -0.2) is 69.2 Å². The van der Waals surface area contributed by atoms with Crippen molar-refractivity contribution in [3.8, 4) is 17.2 Å². The standard InChI is InChI=1S/C27H32N2O8/c1-4-27(34)9-13-19(16(10-27)37-17-8-14(28)23(30)11(2)36-17)26(33)20-21(25(13)32)24(31)12-6-5-7-15(35-3)18(12)22(20)29/h5-7,11,14,16-17,23,29-30,32-34H,4,8-10,28H2,1-3H3/t11?,14?,16-,17?,23?,27-/m0/s1. The summed E-state index contributed by atoms with van der Waals surface area (Å²) in [7, 11) is 1.43. The molecule has 1 fully saturated rings. The lowest BCUT2D eigenvalue weighted by atomic mass is 9.72. The molecule has 0 aromatic heterocycles. The quantitative estimate of drug-likeness (QED) is 0.286. The van der Waals surface area contributed by atoms with E-state index in [1.54, 1.807) is 32.0 Å². The molecular formula is C27H32N2O8. The molecule has 3 aliphatic rings. The highest BCUT2D eigenvalue weighted by atomic mass is 16.7. The Balaban J connectivity index is 1.66. The second kappa shape index (κ2) is 9.07. The zero-order valence-corrected chi connectivity index (χ0v) is 20.9. The first-order valence-corrected chi connectivity index (χ1v) is 12.4. The molecule has 2 aromatic carbocycles. The molecule has 7 N–H and O–H groups in total. The molecule has 10 heteroatoms. The molecule has 0 amide bonds. The number of rotatable bonds is 4. The number of aliphatic hydroxyl groups is 2. The molecule has 0 bridgehead atoms. The van der Waals surface area contributed by atoms with Crippen LogP contribution >= 0.6 is 0 Å². The van der Waals surface area contributed by atoms with Gasteiger partial charge >= 0.3 is 0 Å². The Labute approximate surface area is 214 Å². The maximum absolute atomic E-state index is 13.5. The second-order valence-corrected chi connectivity index (χ2v) is 10.2. The number of carbonyl (C=O) groups is 1. The number of aliphatic hydroxyl groups excluding tert-OH is 1. The van der Waals surface area contributed by atoms with Gasteiger partial charge in [0.15, 0.2) is 12.1 Å². The van der Waals surface area contributed by atoms with Gasteiger partial charge in [-0.1, -0.05) is 19.1 Å². The molecule has 5 rings (SSSR count). The maximum atomic E-state index is 13.5. The number of phenolic OH excluding ortho intramolecular Hbond substituents is 2. The molecule has 0 spiro atoms. The summed E-state index contributed by atoms with van der Waals surface area (Å²) in [6.45, 7) is 3.47. The highest BCUT2D eigenvalue weighted by molar-refractivity contribution is 6.32. The van der Waals surface area contributed by atoms with Crippen LogP contribution in [0, 0.1) is 5.41 Å². The minimum atomic E-state index is -1.29. The number of hydrogen-bond donors (Lipinski definition) is 6. The number of nitrogens with one attached hydrogen (secondary N) is 1. The molecule has 1 heterocycles. The predicted octanol–water partition coefficient (Wildman–Crippen LogP) is 2.04. The summed E-state index contributed by atoms with van der Waals surface area (Å²) in [4.78, 5) is 13.5. The van der Waals surface area contributed by atoms with Crippen molar-refractivity contribution in [1.82, 2.24) is 0 Å². The maximum Gasteiger partial charge on any atom is 0.198 e. The fourth-order valence-electron chi connectivity index (χ4n) is 5.78. The Morgan fingerprint density at radius 2 is 1.95 bits per heavy atom. The van der Waals surface area contributed by atoms with Crippen LogP contribution in [0.3, 0.4) is 0 Å². The van der Waals surface area contributed by atoms with Gasteiger partial charge in [0.2, 0.25) is 0 Å². The third-order valence-electron chi connectivity index (χ3n) is 7.93. The Kier molecular flexibility index (Phi) is 6.28. The summed E-state index contributed by atoms with van der Waals surface area (Å²) in [5.74, 6) is -1.02. The monoisotopic (exact) mass is 512 g/mol. The van der Waals surface area contributed by atoms with E-state index in [2.05, 4.69) is 0 Å². The van der Waals surface area contributed by atoms with Gasteiger partial charge in [-0.2, -0.15) is 0 Å². The van der Waals surface area contributed by atoms with Crippen molar-refractivity contribution in [3.05, 3.63) is 51.6 Å². The van der Waals surface area contributed by atoms with Gasteiger partial charge in [0.25, 0.3) is 0 Å². The topological polar surface area (TPSA) is 176 Å². The first kappa shape index (κ1) is 25.6. The van der Waals surface area contributed by atoms with Crippen LogP contribution in [0.1, 0.15) is 77.4 Å². The van der Waals surface area contributed by atoms with E-state index in [0.29, 0.717) is 12.2 Å². The van der Waals surface area contributed by atoms with Crippen molar-refractivity contribution in [3.63, 3.8) is 0 Å². The lowest BCUT2D eigenvalue weighted by molar-refractivity contribution is -0.247. The van der Waals surface area contributed by atoms with Gasteiger partial charge in [0.05, 0.1) is 53.4 Å². The van der Waals surface area contributed by atoms with E-state index >= 15 is 0 Å². The number of hydrogen-bond acceptors (Lipinski definition) is 10. The summed E-state index contributed by atoms with van der Waals surface area (Å²) in [5, 5.41) is 53.3. The molecule has 0 radical (unpaired) electrons. The van der Waals surface area contributed by atoms with E-state index in [-0.39, 0.29) is 64.1 Å². The number of ketones is 1. The van der Waals surface area contributed by atoms with Crippen LogP contribution in [0.15, 0.2) is 18.2 Å². The first-order valence-electron chi connectivity index (χ1n) is 12.4. The number of nitrogens with two attached hydrogens (primary N) is 1. The van der Waals surface area contributed by atoms with Gasteiger partial charge in [-0.25, -0.2) is 0 Å². The average molecular weight is 513 g/mol. The van der Waals surface area contributed by atoms with E-state index in [1.165, 1.54) is 7.11 Å². The van der Waals surface area contributed by atoms with Crippen molar-refractivity contribution in [2.45, 2.75) is 75.8 Å². The summed E-state index contributed by atoms with van der Waals surface area (Å²) < 4.78 is 17.4. The minimum absolute atomic E-state index is 0.0168. The van der Waals surface area contributed by atoms with E-state index < -0.39 is 47.8 Å². The van der Waals surface area contributed by atoms with Crippen LogP contribution in [0.5, 0.6) is 17.2 Å². The zero-order valence-electron chi connectivity index (χ0n) is 20.9. The largest absolute Gasteiger partial charge is 0.507 e. The molecule has 2 aliphatic carbocycles. The van der Waals surface area contributed by atoms with Crippen LogP contribution in [0.4, 0.5) is 0 Å². The molecule has 10 nitrogen and oxygen atoms in total. The van der Waals surface area contributed by atoms with Crippen molar-refractivity contribution in [2.24, 2.45) is 5.73 Å². The van der Waals surface area contributed by atoms with E-state index in [0.717, 1.165) is 0 Å². The molecule has 6 atom stereocenters. The number of methoxy groups -OCH3 is 1. The normalized spacial score (nSPS) is 30.9. The summed E-state index contributed by atoms with van der Waals surface area (Å²) in [6, 6.07) is 4.19. The average Bonchev–Trinajstić information content (AvgIpc) is 2.87. The van der Waals surface area contributed by atoms with E-state index in [9.17, 15) is 25.2 Å². The molecule has 198 valence electrons. The van der Waals surface area contributed by atoms with Gasteiger partial charge in [-0.05, 0) is 19.4 Å². The van der Waals surface area contributed by atoms with Crippen LogP contribution in [-0.2, 0) is 15.9 Å². The molecule has 4 unspecified atom stereocenters. The van der Waals surface area contributed by atoms with Crippen molar-refractivity contribution < 1.29 is 39.4 Å².